The standard InChI is InChI=1S/C17H25N3/c1-4-5-10-20(13-17-18-11-15(3)19-17)12-16-8-6-14(2)7-9-16/h6-9,11H,4-5,10,12-13H2,1-3H3,(H,18,19). The number of aromatic amines is 1. The Labute approximate surface area is 122 Å². The first kappa shape index (κ1) is 14.8. The van der Waals surface area contributed by atoms with Gasteiger partial charge in [-0.15, -0.1) is 0 Å². The highest BCUT2D eigenvalue weighted by atomic mass is 15.1. The van der Waals surface area contributed by atoms with Gasteiger partial charge in [-0.25, -0.2) is 4.98 Å². The fraction of sp³-hybridized carbons (Fsp3) is 0.471. The fourth-order valence-electron chi connectivity index (χ4n) is 2.31. The average molecular weight is 271 g/mol. The molecule has 2 rings (SSSR count). The molecule has 1 N–H and O–H groups in total. The molecule has 0 saturated carbocycles. The lowest BCUT2D eigenvalue weighted by molar-refractivity contribution is 0.247. The van der Waals surface area contributed by atoms with Crippen molar-refractivity contribution >= 4 is 0 Å². The fourth-order valence-corrected chi connectivity index (χ4v) is 2.31. The zero-order valence-corrected chi connectivity index (χ0v) is 12.8. The second-order valence-electron chi connectivity index (χ2n) is 5.56. The minimum atomic E-state index is 0.891. The minimum absolute atomic E-state index is 0.891. The Morgan fingerprint density at radius 3 is 2.45 bits per heavy atom. The number of nitrogens with one attached hydrogen (secondary N) is 1. The number of imidazole rings is 1. The highest BCUT2D eigenvalue weighted by Crippen LogP contribution is 2.11. The number of unbranched alkanes of at least 4 members (excludes halogenated alkanes) is 1. The summed E-state index contributed by atoms with van der Waals surface area (Å²) in [5.41, 5.74) is 3.82. The molecule has 1 aromatic carbocycles. The van der Waals surface area contributed by atoms with Gasteiger partial charge in [0.25, 0.3) is 0 Å². The lowest BCUT2D eigenvalue weighted by atomic mass is 10.1. The Morgan fingerprint density at radius 2 is 1.85 bits per heavy atom. The van der Waals surface area contributed by atoms with Gasteiger partial charge in [0.15, 0.2) is 0 Å². The van der Waals surface area contributed by atoms with Crippen LogP contribution in [0.5, 0.6) is 0 Å². The monoisotopic (exact) mass is 271 g/mol. The lowest BCUT2D eigenvalue weighted by Crippen LogP contribution is -2.24. The number of aromatic nitrogens is 2. The van der Waals surface area contributed by atoms with Crippen LogP contribution in [0.4, 0.5) is 0 Å². The number of nitrogens with zero attached hydrogens (tertiary/aromatic N) is 2. The van der Waals surface area contributed by atoms with Crippen molar-refractivity contribution in [2.45, 2.75) is 46.7 Å². The van der Waals surface area contributed by atoms with Crippen molar-refractivity contribution in [3.8, 4) is 0 Å². The van der Waals surface area contributed by atoms with Gasteiger partial charge in [-0.2, -0.15) is 0 Å². The van der Waals surface area contributed by atoms with Crippen molar-refractivity contribution < 1.29 is 0 Å². The number of benzene rings is 1. The van der Waals surface area contributed by atoms with E-state index in [0.29, 0.717) is 0 Å². The van der Waals surface area contributed by atoms with E-state index in [2.05, 4.69) is 53.0 Å². The van der Waals surface area contributed by atoms with E-state index in [-0.39, 0.29) is 0 Å². The summed E-state index contributed by atoms with van der Waals surface area (Å²) in [6, 6.07) is 8.82. The van der Waals surface area contributed by atoms with Crippen molar-refractivity contribution in [2.75, 3.05) is 6.54 Å². The van der Waals surface area contributed by atoms with Crippen LogP contribution in [0.15, 0.2) is 30.5 Å². The van der Waals surface area contributed by atoms with Crippen LogP contribution in [0.2, 0.25) is 0 Å². The maximum atomic E-state index is 4.42. The third kappa shape index (κ3) is 4.49. The molecule has 0 amide bonds. The predicted octanol–water partition coefficient (Wildman–Crippen LogP) is 3.83. The van der Waals surface area contributed by atoms with Gasteiger partial charge in [-0.05, 0) is 32.4 Å². The van der Waals surface area contributed by atoms with Gasteiger partial charge in [-0.1, -0.05) is 43.2 Å². The van der Waals surface area contributed by atoms with E-state index in [1.165, 1.54) is 24.0 Å². The third-order valence-corrected chi connectivity index (χ3v) is 3.48. The van der Waals surface area contributed by atoms with Gasteiger partial charge < -0.3 is 4.98 Å². The molecule has 0 bridgehead atoms. The topological polar surface area (TPSA) is 31.9 Å². The van der Waals surface area contributed by atoms with E-state index in [9.17, 15) is 0 Å². The largest absolute Gasteiger partial charge is 0.345 e. The smallest absolute Gasteiger partial charge is 0.120 e. The first-order chi connectivity index (χ1) is 9.67. The molecule has 0 spiro atoms. The second-order valence-corrected chi connectivity index (χ2v) is 5.56. The Hall–Kier alpha value is -1.61. The zero-order valence-electron chi connectivity index (χ0n) is 12.8. The highest BCUT2D eigenvalue weighted by molar-refractivity contribution is 5.21. The third-order valence-electron chi connectivity index (χ3n) is 3.48. The van der Waals surface area contributed by atoms with Gasteiger partial charge in [0.1, 0.15) is 5.82 Å². The number of hydrogen-bond acceptors (Lipinski definition) is 2. The van der Waals surface area contributed by atoms with Gasteiger partial charge in [0.2, 0.25) is 0 Å². The number of hydrogen-bond donors (Lipinski definition) is 1. The maximum Gasteiger partial charge on any atom is 0.120 e. The van der Waals surface area contributed by atoms with Crippen LogP contribution in [-0.2, 0) is 13.1 Å². The van der Waals surface area contributed by atoms with Crippen molar-refractivity contribution in [1.29, 1.82) is 0 Å². The second kappa shape index (κ2) is 7.25. The van der Waals surface area contributed by atoms with E-state index in [1.807, 2.05) is 13.1 Å². The van der Waals surface area contributed by atoms with Crippen LogP contribution in [0, 0.1) is 13.8 Å². The summed E-state index contributed by atoms with van der Waals surface area (Å²) in [4.78, 5) is 10.2. The molecule has 0 fully saturated rings. The van der Waals surface area contributed by atoms with E-state index in [1.54, 1.807) is 0 Å². The summed E-state index contributed by atoms with van der Waals surface area (Å²) >= 11 is 0. The zero-order chi connectivity index (χ0) is 14.4. The molecule has 0 radical (unpaired) electrons. The molecule has 1 aromatic heterocycles. The molecule has 0 saturated heterocycles. The molecule has 2 aromatic rings. The molecular formula is C17H25N3. The van der Waals surface area contributed by atoms with Crippen molar-refractivity contribution in [3.63, 3.8) is 0 Å². The van der Waals surface area contributed by atoms with Crippen LogP contribution < -0.4 is 0 Å². The average Bonchev–Trinajstić information content (AvgIpc) is 2.84. The summed E-state index contributed by atoms with van der Waals surface area (Å²) in [6.45, 7) is 9.41. The number of aryl methyl sites for hydroxylation is 2. The first-order valence-electron chi connectivity index (χ1n) is 7.45. The maximum absolute atomic E-state index is 4.42. The molecule has 3 heteroatoms. The molecule has 0 aliphatic heterocycles. The molecule has 20 heavy (non-hydrogen) atoms. The first-order valence-corrected chi connectivity index (χ1v) is 7.45. The van der Waals surface area contributed by atoms with E-state index in [0.717, 1.165) is 31.2 Å². The molecule has 1 heterocycles. The molecule has 0 unspecified atom stereocenters. The Kier molecular flexibility index (Phi) is 5.36. The quantitative estimate of drug-likeness (QED) is 0.830. The summed E-state index contributed by atoms with van der Waals surface area (Å²) < 4.78 is 0. The molecule has 0 aliphatic carbocycles. The Balaban J connectivity index is 2.00. The number of rotatable bonds is 7. The predicted molar refractivity (Wildman–Crippen MR) is 83.5 cm³/mol. The van der Waals surface area contributed by atoms with Gasteiger partial charge in [0.05, 0.1) is 6.54 Å². The van der Waals surface area contributed by atoms with Crippen molar-refractivity contribution in [1.82, 2.24) is 14.9 Å². The highest BCUT2D eigenvalue weighted by Gasteiger charge is 2.08. The Bertz CT molecular complexity index is 513. The molecule has 108 valence electrons. The number of H-pyrrole nitrogens is 1. The van der Waals surface area contributed by atoms with Crippen LogP contribution in [0.1, 0.15) is 42.4 Å². The van der Waals surface area contributed by atoms with Gasteiger partial charge >= 0.3 is 0 Å². The van der Waals surface area contributed by atoms with Crippen LogP contribution in [0.25, 0.3) is 0 Å². The molecule has 3 nitrogen and oxygen atoms in total. The van der Waals surface area contributed by atoms with Crippen LogP contribution in [-0.4, -0.2) is 21.4 Å². The van der Waals surface area contributed by atoms with E-state index < -0.39 is 0 Å². The minimum Gasteiger partial charge on any atom is -0.345 e. The van der Waals surface area contributed by atoms with Crippen molar-refractivity contribution in [3.05, 3.63) is 53.1 Å². The Morgan fingerprint density at radius 1 is 1.10 bits per heavy atom. The lowest BCUT2D eigenvalue weighted by Gasteiger charge is -2.21. The normalized spacial score (nSPS) is 11.2. The summed E-state index contributed by atoms with van der Waals surface area (Å²) in [5.74, 6) is 1.06. The van der Waals surface area contributed by atoms with E-state index >= 15 is 0 Å². The summed E-state index contributed by atoms with van der Waals surface area (Å²) in [5, 5.41) is 0. The summed E-state index contributed by atoms with van der Waals surface area (Å²) in [7, 11) is 0. The van der Waals surface area contributed by atoms with Crippen molar-refractivity contribution in [2.24, 2.45) is 0 Å². The van der Waals surface area contributed by atoms with E-state index in [4.69, 9.17) is 0 Å². The summed E-state index contributed by atoms with van der Waals surface area (Å²) in [6.07, 6.45) is 4.35. The van der Waals surface area contributed by atoms with Crippen LogP contribution in [0.3, 0.4) is 0 Å². The molecule has 0 aliphatic rings. The van der Waals surface area contributed by atoms with Gasteiger partial charge in [0, 0.05) is 18.4 Å². The SMILES string of the molecule is CCCCN(Cc1ccc(C)cc1)Cc1ncc(C)[nH]1. The molecule has 0 atom stereocenters. The van der Waals surface area contributed by atoms with Crippen LogP contribution >= 0.6 is 0 Å². The van der Waals surface area contributed by atoms with Gasteiger partial charge in [-0.3, -0.25) is 4.90 Å². The molecular weight excluding hydrogens is 246 g/mol.